The highest BCUT2D eigenvalue weighted by atomic mass is 32.1. The van der Waals surface area contributed by atoms with Gasteiger partial charge in [0.25, 0.3) is 0 Å². The van der Waals surface area contributed by atoms with Gasteiger partial charge in [-0.15, -0.1) is 12.6 Å². The van der Waals surface area contributed by atoms with Gasteiger partial charge in [-0.05, 0) is 73.3 Å². The van der Waals surface area contributed by atoms with Gasteiger partial charge in [-0.3, -0.25) is 15.0 Å². The minimum Gasteiger partial charge on any atom is -0.378 e. The molecule has 0 saturated carbocycles. The van der Waals surface area contributed by atoms with Crippen LogP contribution in [0, 0.1) is 5.92 Å². The van der Waals surface area contributed by atoms with Crippen LogP contribution in [0.3, 0.4) is 0 Å². The molecular weight excluding hydrogens is 402 g/mol. The summed E-state index contributed by atoms with van der Waals surface area (Å²) in [6.07, 6.45) is 9.58. The average molecular weight is 428 g/mol. The molecule has 0 amide bonds. The summed E-state index contributed by atoms with van der Waals surface area (Å²) in [5, 5.41) is 7.30. The molecular formula is C25H25N5S. The van der Waals surface area contributed by atoms with Gasteiger partial charge in [-0.2, -0.15) is 0 Å². The zero-order valence-corrected chi connectivity index (χ0v) is 18.1. The number of rotatable bonds is 5. The number of hydrogen-bond acceptors (Lipinski definition) is 6. The lowest BCUT2D eigenvalue weighted by Gasteiger charge is -2.32. The zero-order valence-electron chi connectivity index (χ0n) is 17.2. The van der Waals surface area contributed by atoms with Gasteiger partial charge in [-0.1, -0.05) is 18.2 Å². The summed E-state index contributed by atoms with van der Waals surface area (Å²) in [6.45, 7) is 2.10. The number of aromatic nitrogens is 3. The fourth-order valence-electron chi connectivity index (χ4n) is 4.41. The van der Waals surface area contributed by atoms with Crippen LogP contribution in [0.1, 0.15) is 24.4 Å². The van der Waals surface area contributed by atoms with Gasteiger partial charge in [0.15, 0.2) is 0 Å². The van der Waals surface area contributed by atoms with Gasteiger partial charge in [0.05, 0.1) is 17.1 Å². The first-order chi connectivity index (χ1) is 15.3. The Morgan fingerprint density at radius 2 is 1.77 bits per heavy atom. The Morgan fingerprint density at radius 3 is 2.55 bits per heavy atom. The Labute approximate surface area is 187 Å². The Kier molecular flexibility index (Phi) is 5.82. The zero-order chi connectivity index (χ0) is 21.0. The van der Waals surface area contributed by atoms with Crippen LogP contribution in [0.4, 0.5) is 5.69 Å². The third-order valence-electron chi connectivity index (χ3n) is 5.97. The van der Waals surface area contributed by atoms with Crippen molar-refractivity contribution in [1.82, 2.24) is 20.3 Å². The van der Waals surface area contributed by atoms with E-state index >= 15 is 0 Å². The second-order valence-corrected chi connectivity index (χ2v) is 8.51. The van der Waals surface area contributed by atoms with E-state index in [2.05, 4.69) is 68.5 Å². The number of nitrogens with zero attached hydrogens (tertiary/aromatic N) is 3. The summed E-state index contributed by atoms with van der Waals surface area (Å²) >= 11 is 4.43. The SMILES string of the molecule is Sc1ccc(-c2cc(NC(c3cccnc3)C3CCNCC3)cc3nccnc23)cc1. The third-order valence-corrected chi connectivity index (χ3v) is 6.27. The highest BCUT2D eigenvalue weighted by Crippen LogP contribution is 2.35. The van der Waals surface area contributed by atoms with E-state index in [4.69, 9.17) is 0 Å². The normalized spacial score (nSPS) is 15.6. The van der Waals surface area contributed by atoms with Crippen molar-refractivity contribution in [3.8, 4) is 11.1 Å². The molecule has 5 rings (SSSR count). The highest BCUT2D eigenvalue weighted by Gasteiger charge is 2.25. The fraction of sp³-hybridized carbons (Fsp3) is 0.240. The lowest BCUT2D eigenvalue weighted by atomic mass is 9.86. The molecule has 1 saturated heterocycles. The topological polar surface area (TPSA) is 62.7 Å². The monoisotopic (exact) mass is 427 g/mol. The number of benzene rings is 2. The van der Waals surface area contributed by atoms with Crippen LogP contribution in [0.25, 0.3) is 22.2 Å². The largest absolute Gasteiger partial charge is 0.378 e. The van der Waals surface area contributed by atoms with E-state index in [0.29, 0.717) is 5.92 Å². The van der Waals surface area contributed by atoms with Crippen molar-refractivity contribution in [2.75, 3.05) is 18.4 Å². The van der Waals surface area contributed by atoms with E-state index in [9.17, 15) is 0 Å². The third kappa shape index (κ3) is 4.40. The van der Waals surface area contributed by atoms with E-state index in [1.807, 2.05) is 30.6 Å². The molecule has 5 nitrogen and oxygen atoms in total. The first-order valence-electron chi connectivity index (χ1n) is 10.7. The Bertz CT molecular complexity index is 1160. The molecule has 2 aromatic heterocycles. The van der Waals surface area contributed by atoms with E-state index in [1.165, 1.54) is 5.56 Å². The summed E-state index contributed by atoms with van der Waals surface area (Å²) in [6, 6.07) is 16.8. The number of hydrogen-bond donors (Lipinski definition) is 3. The molecule has 1 aliphatic rings. The van der Waals surface area contributed by atoms with E-state index < -0.39 is 0 Å². The van der Waals surface area contributed by atoms with Crippen LogP contribution in [-0.2, 0) is 0 Å². The molecule has 0 bridgehead atoms. The van der Waals surface area contributed by atoms with Crippen molar-refractivity contribution in [1.29, 1.82) is 0 Å². The Morgan fingerprint density at radius 1 is 0.968 bits per heavy atom. The molecule has 0 spiro atoms. The quantitative estimate of drug-likeness (QED) is 0.385. The van der Waals surface area contributed by atoms with Crippen LogP contribution >= 0.6 is 12.6 Å². The Balaban J connectivity index is 1.57. The van der Waals surface area contributed by atoms with Crippen LogP contribution < -0.4 is 10.6 Å². The molecule has 2 aromatic carbocycles. The molecule has 1 aliphatic heterocycles. The summed E-state index contributed by atoms with van der Waals surface area (Å²) in [4.78, 5) is 14.5. The smallest absolute Gasteiger partial charge is 0.0966 e. The van der Waals surface area contributed by atoms with Gasteiger partial charge in [0.2, 0.25) is 0 Å². The van der Waals surface area contributed by atoms with Gasteiger partial charge in [-0.25, -0.2) is 0 Å². The van der Waals surface area contributed by atoms with Gasteiger partial charge < -0.3 is 10.6 Å². The second kappa shape index (κ2) is 9.04. The molecule has 1 atom stereocenters. The molecule has 0 aliphatic carbocycles. The highest BCUT2D eigenvalue weighted by molar-refractivity contribution is 7.80. The molecule has 3 heterocycles. The first kappa shape index (κ1) is 20.0. The van der Waals surface area contributed by atoms with Gasteiger partial charge >= 0.3 is 0 Å². The van der Waals surface area contributed by atoms with Crippen molar-refractivity contribution < 1.29 is 0 Å². The minimum absolute atomic E-state index is 0.192. The maximum absolute atomic E-state index is 4.62. The number of nitrogens with one attached hydrogen (secondary N) is 2. The maximum Gasteiger partial charge on any atom is 0.0966 e. The van der Waals surface area contributed by atoms with E-state index in [1.54, 1.807) is 12.4 Å². The number of fused-ring (bicyclic) bond motifs is 1. The fourth-order valence-corrected chi connectivity index (χ4v) is 4.56. The number of pyridine rings is 1. The van der Waals surface area contributed by atoms with Crippen molar-refractivity contribution in [3.05, 3.63) is 78.9 Å². The van der Waals surface area contributed by atoms with E-state index in [0.717, 1.165) is 58.7 Å². The second-order valence-electron chi connectivity index (χ2n) is 7.99. The Hall–Kier alpha value is -2.96. The molecule has 4 aromatic rings. The van der Waals surface area contributed by atoms with Crippen LogP contribution in [0.5, 0.6) is 0 Å². The van der Waals surface area contributed by atoms with Crippen LogP contribution in [0.2, 0.25) is 0 Å². The maximum atomic E-state index is 4.62. The molecule has 2 N–H and O–H groups in total. The van der Waals surface area contributed by atoms with Crippen LogP contribution in [-0.4, -0.2) is 28.0 Å². The van der Waals surface area contributed by atoms with Gasteiger partial charge in [0, 0.05) is 40.9 Å². The summed E-state index contributed by atoms with van der Waals surface area (Å²) in [7, 11) is 0. The first-order valence-corrected chi connectivity index (χ1v) is 11.1. The molecule has 1 fully saturated rings. The van der Waals surface area contributed by atoms with Crippen molar-refractivity contribution in [3.63, 3.8) is 0 Å². The van der Waals surface area contributed by atoms with Gasteiger partial charge in [0.1, 0.15) is 0 Å². The van der Waals surface area contributed by atoms with Crippen molar-refractivity contribution in [2.24, 2.45) is 5.92 Å². The summed E-state index contributed by atoms with van der Waals surface area (Å²) in [5.74, 6) is 0.537. The summed E-state index contributed by atoms with van der Waals surface area (Å²) < 4.78 is 0. The van der Waals surface area contributed by atoms with E-state index in [-0.39, 0.29) is 6.04 Å². The lowest BCUT2D eigenvalue weighted by molar-refractivity contribution is 0.335. The number of thiol groups is 1. The lowest BCUT2D eigenvalue weighted by Crippen LogP contribution is -2.33. The summed E-state index contributed by atoms with van der Waals surface area (Å²) in [5.41, 5.74) is 6.22. The van der Waals surface area contributed by atoms with Crippen LogP contribution in [0.15, 0.2) is 78.2 Å². The average Bonchev–Trinajstić information content (AvgIpc) is 2.84. The number of anilines is 1. The molecule has 31 heavy (non-hydrogen) atoms. The molecule has 156 valence electrons. The predicted molar refractivity (Wildman–Crippen MR) is 128 cm³/mol. The van der Waals surface area contributed by atoms with Crippen molar-refractivity contribution in [2.45, 2.75) is 23.8 Å². The molecule has 0 radical (unpaired) electrons. The standard InChI is InChI=1S/C25H25N5S/c31-21-5-3-17(4-6-21)22-14-20(15-23-25(22)29-13-12-28-23)30-24(18-7-10-26-11-8-18)19-2-1-9-27-16-19/h1-6,9,12-16,18,24,26,30-31H,7-8,10-11H2. The molecule has 1 unspecified atom stereocenters. The van der Waals surface area contributed by atoms with Crippen molar-refractivity contribution >= 4 is 29.3 Å². The number of piperidine rings is 1. The molecule has 6 heteroatoms. The minimum atomic E-state index is 0.192. The predicted octanol–water partition coefficient (Wildman–Crippen LogP) is 5.13.